The molecule has 0 saturated carbocycles. The molecule has 114 valence electrons. The average Bonchev–Trinajstić information content (AvgIpc) is 2.53. The van der Waals surface area contributed by atoms with Gasteiger partial charge in [-0.1, -0.05) is 36.4 Å². The van der Waals surface area contributed by atoms with Gasteiger partial charge in [-0.3, -0.25) is 4.79 Å². The second-order valence-electron chi connectivity index (χ2n) is 5.94. The molecule has 1 aliphatic heterocycles. The molecule has 0 spiro atoms. The third-order valence-corrected chi connectivity index (χ3v) is 4.36. The van der Waals surface area contributed by atoms with Crippen molar-refractivity contribution >= 4 is 5.91 Å². The summed E-state index contributed by atoms with van der Waals surface area (Å²) in [7, 11) is 0. The zero-order valence-electron chi connectivity index (χ0n) is 12.8. The summed E-state index contributed by atoms with van der Waals surface area (Å²) in [5.41, 5.74) is 2.62. The van der Waals surface area contributed by atoms with Crippen LogP contribution in [-0.4, -0.2) is 16.8 Å². The summed E-state index contributed by atoms with van der Waals surface area (Å²) in [6.07, 6.45) is 2.50. The van der Waals surface area contributed by atoms with Crippen LogP contribution >= 0.6 is 0 Å². The van der Waals surface area contributed by atoms with Crippen LogP contribution < -0.4 is 0 Å². The van der Waals surface area contributed by atoms with Gasteiger partial charge in [0.25, 0.3) is 0 Å². The first-order valence-electron chi connectivity index (χ1n) is 7.78. The number of likely N-dealkylation sites (tertiary alicyclic amines) is 1. The molecule has 0 bridgehead atoms. The lowest BCUT2D eigenvalue weighted by atomic mass is 9.99. The molecular formula is C19H20FNO. The Morgan fingerprint density at radius 3 is 2.64 bits per heavy atom. The Morgan fingerprint density at radius 2 is 1.91 bits per heavy atom. The highest BCUT2D eigenvalue weighted by molar-refractivity contribution is 5.77. The van der Waals surface area contributed by atoms with E-state index in [9.17, 15) is 9.18 Å². The first-order valence-corrected chi connectivity index (χ1v) is 7.78. The molecule has 3 rings (SSSR count). The predicted molar refractivity (Wildman–Crippen MR) is 85.7 cm³/mol. The molecule has 1 fully saturated rings. The predicted octanol–water partition coefficient (Wildman–Crippen LogP) is 4.39. The molecule has 0 N–H and O–H groups in total. The second-order valence-corrected chi connectivity index (χ2v) is 5.94. The maximum Gasteiger partial charge on any atom is 0.223 e. The van der Waals surface area contributed by atoms with Gasteiger partial charge in [0.1, 0.15) is 5.82 Å². The van der Waals surface area contributed by atoms with E-state index in [2.05, 4.69) is 0 Å². The fourth-order valence-electron chi connectivity index (χ4n) is 3.03. The summed E-state index contributed by atoms with van der Waals surface area (Å²) in [6.45, 7) is 2.39. The normalized spacial score (nSPS) is 18.5. The standard InChI is InChI=1S/C19H20FNO/c1-14-6-5-9-19(22)21(14)13-17-12-16(10-11-18(17)20)15-7-3-2-4-8-15/h2-4,7-8,10-12,14H,5-6,9,13H2,1H3. The minimum atomic E-state index is -0.245. The van der Waals surface area contributed by atoms with E-state index in [0.29, 0.717) is 18.5 Å². The van der Waals surface area contributed by atoms with Crippen LogP contribution in [0.25, 0.3) is 11.1 Å². The van der Waals surface area contributed by atoms with Crippen molar-refractivity contribution in [2.75, 3.05) is 0 Å². The number of benzene rings is 2. The van der Waals surface area contributed by atoms with E-state index in [-0.39, 0.29) is 17.8 Å². The summed E-state index contributed by atoms with van der Waals surface area (Å²) in [4.78, 5) is 13.9. The molecule has 3 heteroatoms. The van der Waals surface area contributed by atoms with Crippen molar-refractivity contribution in [1.82, 2.24) is 4.90 Å². The van der Waals surface area contributed by atoms with Gasteiger partial charge >= 0.3 is 0 Å². The van der Waals surface area contributed by atoms with Crippen molar-refractivity contribution in [2.24, 2.45) is 0 Å². The van der Waals surface area contributed by atoms with Gasteiger partial charge in [-0.05, 0) is 43.0 Å². The van der Waals surface area contributed by atoms with Crippen LogP contribution in [0.3, 0.4) is 0 Å². The lowest BCUT2D eigenvalue weighted by molar-refractivity contribution is -0.136. The molecule has 0 radical (unpaired) electrons. The highest BCUT2D eigenvalue weighted by Crippen LogP contribution is 2.25. The lowest BCUT2D eigenvalue weighted by Crippen LogP contribution is -2.41. The van der Waals surface area contributed by atoms with Gasteiger partial charge < -0.3 is 4.90 Å². The van der Waals surface area contributed by atoms with E-state index in [1.807, 2.05) is 43.3 Å². The van der Waals surface area contributed by atoms with Crippen molar-refractivity contribution in [2.45, 2.75) is 38.8 Å². The number of hydrogen-bond donors (Lipinski definition) is 0. The molecule has 1 aliphatic rings. The fraction of sp³-hybridized carbons (Fsp3) is 0.316. The average molecular weight is 297 g/mol. The Morgan fingerprint density at radius 1 is 1.14 bits per heavy atom. The monoisotopic (exact) mass is 297 g/mol. The second kappa shape index (κ2) is 6.30. The number of hydrogen-bond acceptors (Lipinski definition) is 1. The number of rotatable bonds is 3. The van der Waals surface area contributed by atoms with Crippen molar-refractivity contribution in [3.8, 4) is 11.1 Å². The van der Waals surface area contributed by atoms with Crippen LogP contribution in [0.2, 0.25) is 0 Å². The van der Waals surface area contributed by atoms with Crippen molar-refractivity contribution < 1.29 is 9.18 Å². The van der Waals surface area contributed by atoms with Gasteiger partial charge in [-0.2, -0.15) is 0 Å². The Kier molecular flexibility index (Phi) is 4.23. The number of carbonyl (C=O) groups excluding carboxylic acids is 1. The SMILES string of the molecule is CC1CCCC(=O)N1Cc1cc(-c2ccccc2)ccc1F. The van der Waals surface area contributed by atoms with Gasteiger partial charge in [0.15, 0.2) is 0 Å². The quantitative estimate of drug-likeness (QED) is 0.822. The minimum Gasteiger partial charge on any atom is -0.336 e. The number of carbonyl (C=O) groups is 1. The van der Waals surface area contributed by atoms with Gasteiger partial charge in [-0.25, -0.2) is 4.39 Å². The number of amides is 1. The molecule has 0 aliphatic carbocycles. The number of nitrogens with zero attached hydrogens (tertiary/aromatic N) is 1. The molecule has 1 amide bonds. The summed E-state index contributed by atoms with van der Waals surface area (Å²) >= 11 is 0. The summed E-state index contributed by atoms with van der Waals surface area (Å²) in [6, 6.07) is 15.2. The van der Waals surface area contributed by atoms with E-state index in [0.717, 1.165) is 24.0 Å². The van der Waals surface area contributed by atoms with E-state index < -0.39 is 0 Å². The van der Waals surface area contributed by atoms with Crippen LogP contribution in [0.15, 0.2) is 48.5 Å². The molecular weight excluding hydrogens is 277 g/mol. The zero-order chi connectivity index (χ0) is 15.5. The van der Waals surface area contributed by atoms with Gasteiger partial charge in [-0.15, -0.1) is 0 Å². The molecule has 1 heterocycles. The zero-order valence-corrected chi connectivity index (χ0v) is 12.8. The van der Waals surface area contributed by atoms with Gasteiger partial charge in [0.2, 0.25) is 5.91 Å². The van der Waals surface area contributed by atoms with Gasteiger partial charge in [0.05, 0.1) is 0 Å². The van der Waals surface area contributed by atoms with Gasteiger partial charge in [0, 0.05) is 24.6 Å². The smallest absolute Gasteiger partial charge is 0.223 e. The topological polar surface area (TPSA) is 20.3 Å². The van der Waals surface area contributed by atoms with Crippen molar-refractivity contribution in [3.05, 3.63) is 59.9 Å². The van der Waals surface area contributed by atoms with Crippen molar-refractivity contribution in [3.63, 3.8) is 0 Å². The summed E-state index contributed by atoms with van der Waals surface area (Å²) < 4.78 is 14.2. The molecule has 22 heavy (non-hydrogen) atoms. The Hall–Kier alpha value is -2.16. The van der Waals surface area contributed by atoms with E-state index in [1.54, 1.807) is 11.0 Å². The summed E-state index contributed by atoms with van der Waals surface area (Å²) in [5, 5.41) is 0. The molecule has 2 aromatic rings. The third-order valence-electron chi connectivity index (χ3n) is 4.36. The maximum atomic E-state index is 14.2. The first kappa shape index (κ1) is 14.8. The Bertz CT molecular complexity index is 668. The molecule has 0 aromatic heterocycles. The molecule has 2 nitrogen and oxygen atoms in total. The summed E-state index contributed by atoms with van der Waals surface area (Å²) in [5.74, 6) is -0.117. The molecule has 1 atom stereocenters. The fourth-order valence-corrected chi connectivity index (χ4v) is 3.03. The highest BCUT2D eigenvalue weighted by Gasteiger charge is 2.25. The lowest BCUT2D eigenvalue weighted by Gasteiger charge is -2.33. The molecule has 2 aromatic carbocycles. The largest absolute Gasteiger partial charge is 0.336 e. The van der Waals surface area contributed by atoms with Crippen LogP contribution in [-0.2, 0) is 11.3 Å². The van der Waals surface area contributed by atoms with E-state index in [1.165, 1.54) is 6.07 Å². The third kappa shape index (κ3) is 3.03. The van der Waals surface area contributed by atoms with Crippen LogP contribution in [0.5, 0.6) is 0 Å². The molecule has 1 saturated heterocycles. The van der Waals surface area contributed by atoms with Crippen LogP contribution in [0.4, 0.5) is 4.39 Å². The Balaban J connectivity index is 1.89. The van der Waals surface area contributed by atoms with Crippen molar-refractivity contribution in [1.29, 1.82) is 0 Å². The minimum absolute atomic E-state index is 0.128. The number of piperidine rings is 1. The number of halogens is 1. The highest BCUT2D eigenvalue weighted by atomic mass is 19.1. The van der Waals surface area contributed by atoms with E-state index in [4.69, 9.17) is 0 Å². The van der Waals surface area contributed by atoms with E-state index >= 15 is 0 Å². The molecule has 1 unspecified atom stereocenters. The Labute approximate surface area is 130 Å². The van der Waals surface area contributed by atoms with Crippen LogP contribution in [0.1, 0.15) is 31.7 Å². The van der Waals surface area contributed by atoms with Crippen LogP contribution in [0, 0.1) is 5.82 Å². The first-order chi connectivity index (χ1) is 10.6. The maximum absolute atomic E-state index is 14.2.